The molecule has 154 valence electrons. The summed E-state index contributed by atoms with van der Waals surface area (Å²) in [5.41, 5.74) is 2.11. The predicted octanol–water partition coefficient (Wildman–Crippen LogP) is 4.06. The third-order valence-electron chi connectivity index (χ3n) is 5.34. The number of anilines is 1. The Kier molecular flexibility index (Phi) is 5.63. The van der Waals surface area contributed by atoms with E-state index in [9.17, 15) is 14.4 Å². The van der Waals surface area contributed by atoms with Gasteiger partial charge < -0.3 is 14.6 Å². The van der Waals surface area contributed by atoms with Gasteiger partial charge in [-0.3, -0.25) is 14.4 Å². The summed E-state index contributed by atoms with van der Waals surface area (Å²) in [5.74, 6) is -1.50. The smallest absolute Gasteiger partial charge is 0.312 e. The van der Waals surface area contributed by atoms with E-state index in [0.717, 1.165) is 21.5 Å². The number of rotatable bonds is 6. The molecule has 0 spiro atoms. The first-order valence-corrected chi connectivity index (χ1v) is 11.0. The maximum absolute atomic E-state index is 12.8. The molecule has 1 aliphatic rings. The number of esters is 1. The summed E-state index contributed by atoms with van der Waals surface area (Å²) < 4.78 is 5.46. The number of nitrogens with one attached hydrogen (secondary N) is 1. The van der Waals surface area contributed by atoms with Gasteiger partial charge in [-0.05, 0) is 37.4 Å². The number of fused-ring (bicyclic) bond motifs is 1. The van der Waals surface area contributed by atoms with E-state index in [4.69, 9.17) is 4.74 Å². The Bertz CT molecular complexity index is 1120. The van der Waals surface area contributed by atoms with Gasteiger partial charge >= 0.3 is 5.97 Å². The molecule has 0 radical (unpaired) electrons. The lowest BCUT2D eigenvalue weighted by Gasteiger charge is -2.18. The molecule has 2 heterocycles. The van der Waals surface area contributed by atoms with Crippen molar-refractivity contribution < 1.29 is 19.1 Å². The maximum atomic E-state index is 12.8. The first-order chi connectivity index (χ1) is 14.5. The lowest BCUT2D eigenvalue weighted by Crippen LogP contribution is -2.30. The molecule has 7 heteroatoms. The van der Waals surface area contributed by atoms with Gasteiger partial charge in [0, 0.05) is 46.2 Å². The summed E-state index contributed by atoms with van der Waals surface area (Å²) in [6.07, 6.45) is 2.76. The number of hydrogen-bond acceptors (Lipinski definition) is 5. The molecule has 1 fully saturated rings. The molecule has 1 aliphatic heterocycles. The molecule has 2 atom stereocenters. The lowest BCUT2D eigenvalue weighted by atomic mass is 10.1. The number of hydrogen-bond donors (Lipinski definition) is 1. The first-order valence-electron chi connectivity index (χ1n) is 9.73. The molecule has 2 aromatic carbocycles. The van der Waals surface area contributed by atoms with Crippen molar-refractivity contribution in [3.8, 4) is 0 Å². The molecule has 0 aliphatic carbocycles. The Labute approximate surface area is 178 Å². The minimum atomic E-state index is -0.930. The van der Waals surface area contributed by atoms with E-state index in [0.29, 0.717) is 5.56 Å². The van der Waals surface area contributed by atoms with Crippen LogP contribution in [0.1, 0.15) is 23.7 Å². The van der Waals surface area contributed by atoms with E-state index >= 15 is 0 Å². The van der Waals surface area contributed by atoms with Crippen molar-refractivity contribution in [3.63, 3.8) is 0 Å². The Hall–Kier alpha value is -3.06. The molecule has 3 aromatic rings. The van der Waals surface area contributed by atoms with Gasteiger partial charge in [0.25, 0.3) is 0 Å². The van der Waals surface area contributed by atoms with Crippen LogP contribution in [0.2, 0.25) is 0 Å². The molecule has 0 unspecified atom stereocenters. The highest BCUT2D eigenvalue weighted by atomic mass is 32.2. The van der Waals surface area contributed by atoms with Crippen LogP contribution in [0.5, 0.6) is 0 Å². The highest BCUT2D eigenvalue weighted by molar-refractivity contribution is 7.98. The molecule has 1 N–H and O–H groups in total. The van der Waals surface area contributed by atoms with Gasteiger partial charge in [-0.15, -0.1) is 11.8 Å². The molecule has 30 heavy (non-hydrogen) atoms. The van der Waals surface area contributed by atoms with Crippen LogP contribution in [-0.4, -0.2) is 41.5 Å². The summed E-state index contributed by atoms with van der Waals surface area (Å²) in [4.78, 5) is 43.7. The number of carbonyl (C=O) groups is 3. The molecular weight excluding hydrogens is 400 g/mol. The number of carbonyl (C=O) groups excluding carboxylic acids is 3. The SMILES string of the molecule is CSc1cccc(N2C[C@H](C(=O)O[C@@H](C)C(=O)c3c[nH]c4ccccc34)CC2=O)c1. The van der Waals surface area contributed by atoms with E-state index in [2.05, 4.69) is 4.98 Å². The minimum Gasteiger partial charge on any atom is -0.454 e. The van der Waals surface area contributed by atoms with Gasteiger partial charge in [-0.2, -0.15) is 0 Å². The highest BCUT2D eigenvalue weighted by Gasteiger charge is 2.37. The van der Waals surface area contributed by atoms with Gasteiger partial charge in [0.1, 0.15) is 0 Å². The second-order valence-corrected chi connectivity index (χ2v) is 8.18. The minimum absolute atomic E-state index is 0.0797. The second-order valence-electron chi connectivity index (χ2n) is 7.30. The van der Waals surface area contributed by atoms with Crippen molar-refractivity contribution in [2.45, 2.75) is 24.3 Å². The lowest BCUT2D eigenvalue weighted by molar-refractivity contribution is -0.151. The fourth-order valence-electron chi connectivity index (χ4n) is 3.71. The number of benzene rings is 2. The maximum Gasteiger partial charge on any atom is 0.312 e. The van der Waals surface area contributed by atoms with Gasteiger partial charge in [0.2, 0.25) is 11.7 Å². The molecule has 1 aromatic heterocycles. The number of aromatic amines is 1. The van der Waals surface area contributed by atoms with E-state index < -0.39 is 18.0 Å². The number of Topliss-reactive ketones (excluding diaryl/α,β-unsaturated/α-hetero) is 1. The second kappa shape index (κ2) is 8.36. The van der Waals surface area contributed by atoms with Crippen LogP contribution < -0.4 is 4.90 Å². The number of nitrogens with zero attached hydrogens (tertiary/aromatic N) is 1. The van der Waals surface area contributed by atoms with Crippen LogP contribution in [0.4, 0.5) is 5.69 Å². The zero-order valence-corrected chi connectivity index (χ0v) is 17.6. The molecule has 6 nitrogen and oxygen atoms in total. The monoisotopic (exact) mass is 422 g/mol. The predicted molar refractivity (Wildman–Crippen MR) is 117 cm³/mol. The quantitative estimate of drug-likeness (QED) is 0.368. The van der Waals surface area contributed by atoms with Gasteiger partial charge in [-0.1, -0.05) is 24.3 Å². The third-order valence-corrected chi connectivity index (χ3v) is 6.07. The van der Waals surface area contributed by atoms with Gasteiger partial charge in [0.05, 0.1) is 5.92 Å². The number of thioether (sulfide) groups is 1. The van der Waals surface area contributed by atoms with Crippen LogP contribution in [0.3, 0.4) is 0 Å². The number of amides is 1. The first kappa shape index (κ1) is 20.2. The number of para-hydroxylation sites is 1. The molecule has 0 bridgehead atoms. The highest BCUT2D eigenvalue weighted by Crippen LogP contribution is 2.29. The van der Waals surface area contributed by atoms with Crippen LogP contribution in [0.15, 0.2) is 59.6 Å². The van der Waals surface area contributed by atoms with E-state index in [1.165, 1.54) is 0 Å². The molecule has 1 saturated heterocycles. The standard InChI is InChI=1S/C23H22N2O4S/c1-14(22(27)19-12-24-20-9-4-3-8-18(19)20)29-23(28)15-10-21(26)25(13-15)16-6-5-7-17(11-16)30-2/h3-9,11-12,14-15,24H,10,13H2,1-2H3/t14-,15+/m0/s1. The fraction of sp³-hybridized carbons (Fsp3) is 0.261. The average Bonchev–Trinajstić information content (AvgIpc) is 3.37. The molecular formula is C23H22N2O4S. The molecule has 0 saturated carbocycles. The van der Waals surface area contributed by atoms with Crippen LogP contribution >= 0.6 is 11.8 Å². The van der Waals surface area contributed by atoms with Crippen molar-refractivity contribution in [2.24, 2.45) is 5.92 Å². The zero-order chi connectivity index (χ0) is 21.3. The number of aromatic nitrogens is 1. The van der Waals surface area contributed by atoms with Crippen molar-refractivity contribution in [2.75, 3.05) is 17.7 Å². The Morgan fingerprint density at radius 1 is 1.20 bits per heavy atom. The normalized spacial score (nSPS) is 17.3. The summed E-state index contributed by atoms with van der Waals surface area (Å²) in [7, 11) is 0. The number of H-pyrrole nitrogens is 1. The number of ketones is 1. The zero-order valence-electron chi connectivity index (χ0n) is 16.8. The van der Waals surface area contributed by atoms with E-state index in [1.54, 1.807) is 29.8 Å². The Morgan fingerprint density at radius 3 is 2.80 bits per heavy atom. The summed E-state index contributed by atoms with van der Waals surface area (Å²) in [6, 6.07) is 15.1. The Balaban J connectivity index is 1.43. The fourth-order valence-corrected chi connectivity index (χ4v) is 4.16. The van der Waals surface area contributed by atoms with Crippen LogP contribution in [-0.2, 0) is 14.3 Å². The van der Waals surface area contributed by atoms with Gasteiger partial charge in [0.15, 0.2) is 6.10 Å². The summed E-state index contributed by atoms with van der Waals surface area (Å²) in [6.45, 7) is 1.82. The van der Waals surface area contributed by atoms with Crippen molar-refractivity contribution in [1.29, 1.82) is 0 Å². The number of ether oxygens (including phenoxy) is 1. The summed E-state index contributed by atoms with van der Waals surface area (Å²) in [5, 5.41) is 0.793. The average molecular weight is 423 g/mol. The largest absolute Gasteiger partial charge is 0.454 e. The Morgan fingerprint density at radius 2 is 2.00 bits per heavy atom. The van der Waals surface area contributed by atoms with Crippen molar-refractivity contribution >= 4 is 46.0 Å². The van der Waals surface area contributed by atoms with Crippen molar-refractivity contribution in [1.82, 2.24) is 4.98 Å². The summed E-state index contributed by atoms with van der Waals surface area (Å²) >= 11 is 1.59. The van der Waals surface area contributed by atoms with Crippen molar-refractivity contribution in [3.05, 3.63) is 60.3 Å². The topological polar surface area (TPSA) is 79.5 Å². The molecule has 4 rings (SSSR count). The molecule has 1 amide bonds. The van der Waals surface area contributed by atoms with E-state index in [-0.39, 0.29) is 24.7 Å². The third kappa shape index (κ3) is 3.85. The van der Waals surface area contributed by atoms with Crippen LogP contribution in [0, 0.1) is 5.92 Å². The van der Waals surface area contributed by atoms with Crippen LogP contribution in [0.25, 0.3) is 10.9 Å². The van der Waals surface area contributed by atoms with E-state index in [1.807, 2.05) is 54.8 Å². The van der Waals surface area contributed by atoms with Gasteiger partial charge in [-0.25, -0.2) is 0 Å².